The molecule has 0 aromatic carbocycles. The van der Waals surface area contributed by atoms with Crippen molar-refractivity contribution in [1.82, 2.24) is 24.6 Å². The highest BCUT2D eigenvalue weighted by Gasteiger charge is 2.25. The average Bonchev–Trinajstić information content (AvgIpc) is 3.32. The van der Waals surface area contributed by atoms with Gasteiger partial charge >= 0.3 is 0 Å². The van der Waals surface area contributed by atoms with Gasteiger partial charge in [-0.05, 0) is 30.9 Å². The summed E-state index contributed by atoms with van der Waals surface area (Å²) in [7, 11) is -2.97. The largest absolute Gasteiger partial charge is 0.356 e. The van der Waals surface area contributed by atoms with E-state index in [0.717, 1.165) is 13.0 Å². The number of halogens is 2. The van der Waals surface area contributed by atoms with Gasteiger partial charge in [-0.25, -0.2) is 36.7 Å². The van der Waals surface area contributed by atoms with Gasteiger partial charge in [-0.1, -0.05) is 0 Å². The summed E-state index contributed by atoms with van der Waals surface area (Å²) in [5.74, 6) is 1.17. The Hall–Kier alpha value is -2.69. The maximum atomic E-state index is 13.0. The lowest BCUT2D eigenvalue weighted by molar-refractivity contribution is 0.144. The zero-order chi connectivity index (χ0) is 20.6. The predicted octanol–water partition coefficient (Wildman–Crippen LogP) is 2.38. The Morgan fingerprint density at radius 3 is 2.83 bits per heavy atom. The molecule has 4 heterocycles. The topological polar surface area (TPSA) is 93.4 Å². The first-order valence-corrected chi connectivity index (χ1v) is 11.2. The molecule has 0 N–H and O–H groups in total. The van der Waals surface area contributed by atoms with Gasteiger partial charge in [0.2, 0.25) is 0 Å². The Morgan fingerprint density at radius 1 is 1.24 bits per heavy atom. The van der Waals surface area contributed by atoms with E-state index in [2.05, 4.69) is 25.0 Å². The molecule has 0 spiro atoms. The Kier molecular flexibility index (Phi) is 5.15. The molecule has 154 valence electrons. The van der Waals surface area contributed by atoms with Gasteiger partial charge in [0.15, 0.2) is 5.65 Å². The third-order valence-electron chi connectivity index (χ3n) is 5.03. The van der Waals surface area contributed by atoms with Gasteiger partial charge in [0, 0.05) is 25.4 Å². The minimum absolute atomic E-state index is 0.181. The zero-order valence-corrected chi connectivity index (χ0v) is 16.6. The molecule has 0 amide bonds. The summed E-state index contributed by atoms with van der Waals surface area (Å²) >= 11 is 0. The number of imidazole rings is 1. The molecule has 1 aliphatic rings. The van der Waals surface area contributed by atoms with E-state index in [0.29, 0.717) is 35.8 Å². The SMILES string of the molecule is CS(=O)(=O)CCC1CCN(c2cc(-c3cnc4ccc(C(F)F)nn34)ncn2)C1. The fraction of sp³-hybridized carbons (Fsp3) is 0.444. The lowest BCUT2D eigenvalue weighted by Gasteiger charge is -2.17. The Balaban J connectivity index is 1.57. The lowest BCUT2D eigenvalue weighted by Crippen LogP contribution is -2.21. The van der Waals surface area contributed by atoms with Gasteiger partial charge in [-0.2, -0.15) is 5.10 Å². The van der Waals surface area contributed by atoms with Crippen molar-refractivity contribution in [2.75, 3.05) is 30.0 Å². The molecular weight excluding hydrogens is 402 g/mol. The van der Waals surface area contributed by atoms with E-state index in [1.54, 1.807) is 12.3 Å². The second kappa shape index (κ2) is 7.62. The summed E-state index contributed by atoms with van der Waals surface area (Å²) in [6.45, 7) is 1.48. The van der Waals surface area contributed by atoms with Crippen molar-refractivity contribution in [3.8, 4) is 11.4 Å². The van der Waals surface area contributed by atoms with Crippen LogP contribution in [0.25, 0.3) is 17.0 Å². The van der Waals surface area contributed by atoms with Gasteiger partial charge in [0.1, 0.15) is 33.4 Å². The Labute approximate surface area is 166 Å². The molecule has 11 heteroatoms. The smallest absolute Gasteiger partial charge is 0.282 e. The molecule has 1 aliphatic heterocycles. The molecule has 1 saturated heterocycles. The van der Waals surface area contributed by atoms with Crippen molar-refractivity contribution in [1.29, 1.82) is 0 Å². The van der Waals surface area contributed by atoms with E-state index in [9.17, 15) is 17.2 Å². The van der Waals surface area contributed by atoms with E-state index in [1.807, 2.05) is 0 Å². The number of hydrogen-bond acceptors (Lipinski definition) is 7. The van der Waals surface area contributed by atoms with Gasteiger partial charge < -0.3 is 4.90 Å². The number of fused-ring (bicyclic) bond motifs is 1. The van der Waals surface area contributed by atoms with Gasteiger partial charge in [0.25, 0.3) is 6.43 Å². The molecule has 29 heavy (non-hydrogen) atoms. The van der Waals surface area contributed by atoms with Crippen LogP contribution in [-0.2, 0) is 9.84 Å². The summed E-state index contributed by atoms with van der Waals surface area (Å²) in [5.41, 5.74) is 1.14. The summed E-state index contributed by atoms with van der Waals surface area (Å²) in [6, 6.07) is 4.52. The van der Waals surface area contributed by atoms with Crippen molar-refractivity contribution in [3.63, 3.8) is 0 Å². The predicted molar refractivity (Wildman–Crippen MR) is 104 cm³/mol. The van der Waals surface area contributed by atoms with Crippen LogP contribution in [0.1, 0.15) is 25.0 Å². The zero-order valence-electron chi connectivity index (χ0n) is 15.7. The molecule has 0 saturated carbocycles. The molecule has 8 nitrogen and oxygen atoms in total. The number of nitrogens with zero attached hydrogens (tertiary/aromatic N) is 6. The standard InChI is InChI=1S/C18H20F2N6O2S/c1-29(27,28)7-5-12-4-6-25(10-12)17-8-14(22-11-23-17)15-9-21-16-3-2-13(18(19)20)24-26(15)16/h2-3,8-9,11-12,18H,4-7,10H2,1H3. The fourth-order valence-electron chi connectivity index (χ4n) is 3.50. The first-order valence-electron chi connectivity index (χ1n) is 9.18. The summed E-state index contributed by atoms with van der Waals surface area (Å²) < 4.78 is 50.2. The van der Waals surface area contributed by atoms with Gasteiger partial charge in [-0.15, -0.1) is 0 Å². The van der Waals surface area contributed by atoms with Crippen molar-refractivity contribution in [3.05, 3.63) is 36.4 Å². The van der Waals surface area contributed by atoms with Crippen LogP contribution in [0.3, 0.4) is 0 Å². The quantitative estimate of drug-likeness (QED) is 0.602. The van der Waals surface area contributed by atoms with E-state index in [4.69, 9.17) is 0 Å². The molecule has 0 bridgehead atoms. The lowest BCUT2D eigenvalue weighted by atomic mass is 10.1. The third-order valence-corrected chi connectivity index (χ3v) is 6.01. The highest BCUT2D eigenvalue weighted by Crippen LogP contribution is 2.27. The Morgan fingerprint density at radius 2 is 2.07 bits per heavy atom. The van der Waals surface area contributed by atoms with Crippen molar-refractivity contribution < 1.29 is 17.2 Å². The molecule has 0 aliphatic carbocycles. The molecule has 4 rings (SSSR count). The first kappa shape index (κ1) is 19.6. The fourth-order valence-corrected chi connectivity index (χ4v) is 4.26. The maximum absolute atomic E-state index is 13.0. The molecule has 3 aromatic rings. The number of sulfone groups is 1. The van der Waals surface area contributed by atoms with E-state index < -0.39 is 16.3 Å². The minimum atomic E-state index is -2.97. The number of aromatic nitrogens is 5. The number of rotatable bonds is 6. The molecule has 0 radical (unpaired) electrons. The first-order chi connectivity index (χ1) is 13.8. The Bertz CT molecular complexity index is 1130. The summed E-state index contributed by atoms with van der Waals surface area (Å²) in [5, 5.41) is 3.97. The van der Waals surface area contributed by atoms with Gasteiger partial charge in [-0.3, -0.25) is 0 Å². The molecular formula is C18H20F2N6O2S. The van der Waals surface area contributed by atoms with Crippen LogP contribution in [0.5, 0.6) is 0 Å². The summed E-state index contributed by atoms with van der Waals surface area (Å²) in [6.07, 6.45) is 3.06. The van der Waals surface area contributed by atoms with Crippen LogP contribution < -0.4 is 4.90 Å². The average molecular weight is 422 g/mol. The normalized spacial score (nSPS) is 17.5. The highest BCUT2D eigenvalue weighted by molar-refractivity contribution is 7.90. The number of hydrogen-bond donors (Lipinski definition) is 0. The van der Waals surface area contributed by atoms with Crippen LogP contribution in [0.2, 0.25) is 0 Å². The van der Waals surface area contributed by atoms with Crippen LogP contribution in [-0.4, -0.2) is 58.1 Å². The van der Waals surface area contributed by atoms with Crippen molar-refractivity contribution in [2.24, 2.45) is 5.92 Å². The summed E-state index contributed by atoms with van der Waals surface area (Å²) in [4.78, 5) is 14.9. The second-order valence-electron chi connectivity index (χ2n) is 7.25. The minimum Gasteiger partial charge on any atom is -0.356 e. The van der Waals surface area contributed by atoms with Gasteiger partial charge in [0.05, 0.1) is 17.6 Å². The number of alkyl halides is 2. The molecule has 1 fully saturated rings. The third kappa shape index (κ3) is 4.34. The van der Waals surface area contributed by atoms with Crippen molar-refractivity contribution in [2.45, 2.75) is 19.3 Å². The number of anilines is 1. The van der Waals surface area contributed by atoms with E-state index >= 15 is 0 Å². The van der Waals surface area contributed by atoms with Crippen molar-refractivity contribution >= 4 is 21.3 Å². The van der Waals surface area contributed by atoms with E-state index in [-0.39, 0.29) is 17.4 Å². The van der Waals surface area contributed by atoms with Crippen LogP contribution >= 0.6 is 0 Å². The molecule has 1 atom stereocenters. The second-order valence-corrected chi connectivity index (χ2v) is 9.51. The molecule has 3 aromatic heterocycles. The van der Waals surface area contributed by atoms with E-state index in [1.165, 1.54) is 29.2 Å². The monoisotopic (exact) mass is 422 g/mol. The highest BCUT2D eigenvalue weighted by atomic mass is 32.2. The van der Waals surface area contributed by atoms with Crippen LogP contribution in [0.15, 0.2) is 30.7 Å². The van der Waals surface area contributed by atoms with Crippen LogP contribution in [0.4, 0.5) is 14.6 Å². The van der Waals surface area contributed by atoms with Crippen LogP contribution in [0, 0.1) is 5.92 Å². The molecule has 1 unspecified atom stereocenters. The maximum Gasteiger partial charge on any atom is 0.282 e.